The topological polar surface area (TPSA) is 38.1 Å². The summed E-state index contributed by atoms with van der Waals surface area (Å²) in [6.07, 6.45) is 1.83. The van der Waals surface area contributed by atoms with Gasteiger partial charge < -0.3 is 4.90 Å². The predicted octanol–water partition coefficient (Wildman–Crippen LogP) is 5.51. The summed E-state index contributed by atoms with van der Waals surface area (Å²) in [5.74, 6) is 0.454. The molecule has 2 aromatic heterocycles. The largest absolute Gasteiger partial charge is 0.306 e. The minimum atomic E-state index is -0.285. The minimum absolute atomic E-state index is 0.00312. The molecular formula is C25H24FN3OS. The van der Waals surface area contributed by atoms with Crippen molar-refractivity contribution in [1.29, 1.82) is 0 Å². The lowest BCUT2D eigenvalue weighted by molar-refractivity contribution is 0.219. The molecule has 0 N–H and O–H groups in total. The number of rotatable bonds is 3. The molecule has 0 spiro atoms. The number of piperidine rings is 1. The SMILES string of the molecule is Cc1cccc(-c2nc3scc(-c4ccc(F)cc4)c3c(=O)n2C2CCN(C)CC2)c1. The quantitative estimate of drug-likeness (QED) is 0.428. The summed E-state index contributed by atoms with van der Waals surface area (Å²) < 4.78 is 15.4. The third kappa shape index (κ3) is 3.70. The summed E-state index contributed by atoms with van der Waals surface area (Å²) in [6, 6.07) is 14.6. The molecule has 0 amide bonds. The van der Waals surface area contributed by atoms with Crippen LogP contribution in [0, 0.1) is 12.7 Å². The van der Waals surface area contributed by atoms with Crippen LogP contribution in [0.5, 0.6) is 0 Å². The van der Waals surface area contributed by atoms with E-state index >= 15 is 0 Å². The van der Waals surface area contributed by atoms with Crippen molar-refractivity contribution >= 4 is 21.6 Å². The number of hydrogen-bond donors (Lipinski definition) is 0. The highest BCUT2D eigenvalue weighted by Crippen LogP contribution is 2.34. The van der Waals surface area contributed by atoms with Gasteiger partial charge in [0.2, 0.25) is 0 Å². The van der Waals surface area contributed by atoms with Gasteiger partial charge in [-0.3, -0.25) is 9.36 Å². The lowest BCUT2D eigenvalue weighted by Gasteiger charge is -2.31. The van der Waals surface area contributed by atoms with Gasteiger partial charge in [0.25, 0.3) is 5.56 Å². The Morgan fingerprint density at radius 3 is 2.52 bits per heavy atom. The number of halogens is 1. The molecule has 0 aliphatic carbocycles. The highest BCUT2D eigenvalue weighted by molar-refractivity contribution is 7.17. The number of hydrogen-bond acceptors (Lipinski definition) is 4. The third-order valence-corrected chi connectivity index (χ3v) is 7.00. The first-order chi connectivity index (χ1) is 15.0. The van der Waals surface area contributed by atoms with E-state index < -0.39 is 0 Å². The smallest absolute Gasteiger partial charge is 0.263 e. The molecule has 4 nitrogen and oxygen atoms in total. The average Bonchev–Trinajstić information content (AvgIpc) is 3.19. The van der Waals surface area contributed by atoms with Crippen LogP contribution in [0.15, 0.2) is 58.7 Å². The van der Waals surface area contributed by atoms with Crippen LogP contribution < -0.4 is 5.56 Å². The van der Waals surface area contributed by atoms with Gasteiger partial charge in [-0.15, -0.1) is 11.3 Å². The molecule has 3 heterocycles. The second kappa shape index (κ2) is 8.02. The molecule has 1 aliphatic heterocycles. The molecule has 5 rings (SSSR count). The minimum Gasteiger partial charge on any atom is -0.306 e. The number of benzene rings is 2. The second-order valence-electron chi connectivity index (χ2n) is 8.35. The summed E-state index contributed by atoms with van der Waals surface area (Å²) in [7, 11) is 2.12. The van der Waals surface area contributed by atoms with Crippen molar-refractivity contribution in [3.05, 3.63) is 75.6 Å². The molecule has 4 aromatic rings. The fourth-order valence-corrected chi connectivity index (χ4v) is 5.36. The van der Waals surface area contributed by atoms with Gasteiger partial charge in [-0.25, -0.2) is 9.37 Å². The van der Waals surface area contributed by atoms with Crippen LogP contribution in [0.2, 0.25) is 0 Å². The van der Waals surface area contributed by atoms with Crippen LogP contribution in [-0.2, 0) is 0 Å². The average molecular weight is 434 g/mol. The van der Waals surface area contributed by atoms with Crippen molar-refractivity contribution in [1.82, 2.24) is 14.5 Å². The lowest BCUT2D eigenvalue weighted by Crippen LogP contribution is -2.36. The number of nitrogens with zero attached hydrogens (tertiary/aromatic N) is 3. The monoisotopic (exact) mass is 433 g/mol. The van der Waals surface area contributed by atoms with Crippen molar-refractivity contribution in [2.24, 2.45) is 0 Å². The van der Waals surface area contributed by atoms with Crippen molar-refractivity contribution in [3.8, 4) is 22.5 Å². The Morgan fingerprint density at radius 2 is 1.81 bits per heavy atom. The van der Waals surface area contributed by atoms with Gasteiger partial charge in [-0.2, -0.15) is 0 Å². The van der Waals surface area contributed by atoms with E-state index in [1.165, 1.54) is 23.5 Å². The first-order valence-electron chi connectivity index (χ1n) is 10.6. The molecule has 2 aromatic carbocycles. The molecule has 0 unspecified atom stereocenters. The lowest BCUT2D eigenvalue weighted by atomic mass is 10.0. The fourth-order valence-electron chi connectivity index (χ4n) is 4.42. The maximum absolute atomic E-state index is 14.0. The second-order valence-corrected chi connectivity index (χ2v) is 9.21. The molecule has 0 bridgehead atoms. The first-order valence-corrected chi connectivity index (χ1v) is 11.4. The Bertz CT molecular complexity index is 1300. The van der Waals surface area contributed by atoms with E-state index in [-0.39, 0.29) is 17.4 Å². The molecule has 1 fully saturated rings. The van der Waals surface area contributed by atoms with Crippen LogP contribution in [0.25, 0.3) is 32.7 Å². The zero-order valence-corrected chi connectivity index (χ0v) is 18.5. The summed E-state index contributed by atoms with van der Waals surface area (Å²) in [6.45, 7) is 3.96. The van der Waals surface area contributed by atoms with Crippen molar-refractivity contribution < 1.29 is 4.39 Å². The van der Waals surface area contributed by atoms with E-state index in [4.69, 9.17) is 4.98 Å². The first kappa shape index (κ1) is 20.1. The van der Waals surface area contributed by atoms with Crippen molar-refractivity contribution in [2.75, 3.05) is 20.1 Å². The zero-order chi connectivity index (χ0) is 21.5. The molecule has 158 valence electrons. The van der Waals surface area contributed by atoms with Crippen LogP contribution >= 0.6 is 11.3 Å². The number of aryl methyl sites for hydroxylation is 1. The summed E-state index contributed by atoms with van der Waals surface area (Å²) in [4.78, 5) is 22.0. The summed E-state index contributed by atoms with van der Waals surface area (Å²) >= 11 is 1.47. The molecule has 0 atom stereocenters. The van der Waals surface area contributed by atoms with Gasteiger partial charge in [-0.1, -0.05) is 35.9 Å². The van der Waals surface area contributed by atoms with Crippen molar-refractivity contribution in [2.45, 2.75) is 25.8 Å². The van der Waals surface area contributed by atoms with Crippen LogP contribution in [0.3, 0.4) is 0 Å². The fraction of sp³-hybridized carbons (Fsp3) is 0.280. The molecule has 6 heteroatoms. The molecule has 31 heavy (non-hydrogen) atoms. The van der Waals surface area contributed by atoms with E-state index in [1.807, 2.05) is 22.1 Å². The Labute approximate surface area is 184 Å². The van der Waals surface area contributed by atoms with Crippen molar-refractivity contribution in [3.63, 3.8) is 0 Å². The Hall–Kier alpha value is -2.83. The van der Waals surface area contributed by atoms with E-state index in [0.717, 1.165) is 58.8 Å². The standard InChI is InChI=1S/C25H24FN3OS/c1-16-4-3-5-18(14-16)23-27-24-22(21(15-31-24)17-6-8-19(26)9-7-17)25(30)29(23)20-10-12-28(2)13-11-20/h3-9,14-15,20H,10-13H2,1-2H3. The van der Waals surface area contributed by atoms with Gasteiger partial charge in [-0.05, 0) is 63.7 Å². The number of fused-ring (bicyclic) bond motifs is 1. The highest BCUT2D eigenvalue weighted by Gasteiger charge is 2.25. The molecule has 0 radical (unpaired) electrons. The van der Waals surface area contributed by atoms with Gasteiger partial charge >= 0.3 is 0 Å². The van der Waals surface area contributed by atoms with Crippen LogP contribution in [0.4, 0.5) is 4.39 Å². The number of likely N-dealkylation sites (tertiary alicyclic amines) is 1. The van der Waals surface area contributed by atoms with Crippen LogP contribution in [0.1, 0.15) is 24.4 Å². The number of aromatic nitrogens is 2. The van der Waals surface area contributed by atoms with Crippen LogP contribution in [-0.4, -0.2) is 34.6 Å². The third-order valence-electron chi connectivity index (χ3n) is 6.12. The highest BCUT2D eigenvalue weighted by atomic mass is 32.1. The van der Waals surface area contributed by atoms with E-state index in [0.29, 0.717) is 5.39 Å². The zero-order valence-electron chi connectivity index (χ0n) is 17.6. The van der Waals surface area contributed by atoms with Gasteiger partial charge in [0, 0.05) is 22.5 Å². The normalized spacial score (nSPS) is 15.6. The molecule has 0 saturated carbocycles. The summed E-state index contributed by atoms with van der Waals surface area (Å²) in [5, 5.41) is 2.60. The Morgan fingerprint density at radius 1 is 1.06 bits per heavy atom. The van der Waals surface area contributed by atoms with E-state index in [2.05, 4.69) is 31.0 Å². The Kier molecular flexibility index (Phi) is 5.20. The number of thiophene rings is 1. The van der Waals surface area contributed by atoms with Gasteiger partial charge in [0.1, 0.15) is 16.5 Å². The Balaban J connectivity index is 1.75. The maximum atomic E-state index is 14.0. The van der Waals surface area contributed by atoms with E-state index in [1.54, 1.807) is 12.1 Å². The molecule has 1 aliphatic rings. The molecule has 1 saturated heterocycles. The summed E-state index contributed by atoms with van der Waals surface area (Å²) in [5.41, 5.74) is 3.77. The van der Waals surface area contributed by atoms with E-state index in [9.17, 15) is 9.18 Å². The predicted molar refractivity (Wildman–Crippen MR) is 125 cm³/mol. The van der Waals surface area contributed by atoms with Gasteiger partial charge in [0.05, 0.1) is 5.39 Å². The van der Waals surface area contributed by atoms with Gasteiger partial charge in [0.15, 0.2) is 0 Å². The molecular weight excluding hydrogens is 409 g/mol. The maximum Gasteiger partial charge on any atom is 0.263 e.